The zero-order valence-corrected chi connectivity index (χ0v) is 10.0. The van der Waals surface area contributed by atoms with Gasteiger partial charge in [-0.25, -0.2) is 4.79 Å². The molecule has 0 heterocycles. The van der Waals surface area contributed by atoms with Crippen molar-refractivity contribution in [1.29, 1.82) is 0 Å². The molecule has 0 aliphatic heterocycles. The van der Waals surface area contributed by atoms with Gasteiger partial charge in [0.2, 0.25) is 5.78 Å². The van der Waals surface area contributed by atoms with Gasteiger partial charge in [0, 0.05) is 12.8 Å². The van der Waals surface area contributed by atoms with Gasteiger partial charge in [-0.15, -0.1) is 0 Å². The number of ether oxygens (including phenoxy) is 1. The first kappa shape index (κ1) is 16.1. The maximum absolute atomic E-state index is 11.2. The number of carboxylic acid groups (broad SMARTS) is 2. The van der Waals surface area contributed by atoms with Crippen LogP contribution in [-0.4, -0.2) is 40.0 Å². The van der Waals surface area contributed by atoms with Crippen LogP contribution in [0.2, 0.25) is 0 Å². The highest BCUT2D eigenvalue weighted by atomic mass is 16.5. The molecule has 2 N–H and O–H groups in total. The number of hydrogen-bond donors (Lipinski definition) is 2. The van der Waals surface area contributed by atoms with Gasteiger partial charge in [-0.2, -0.15) is 0 Å². The SMILES string of the molecule is CC(CCCC(=O)O)OC(=O)C(=O)CCC(=O)O. The third kappa shape index (κ3) is 8.26. The van der Waals surface area contributed by atoms with Gasteiger partial charge in [0.25, 0.3) is 0 Å². The Labute approximate surface area is 104 Å². The summed E-state index contributed by atoms with van der Waals surface area (Å²) in [7, 11) is 0. The minimum absolute atomic E-state index is 0.0329. The highest BCUT2D eigenvalue weighted by molar-refractivity contribution is 6.33. The third-order valence-corrected chi connectivity index (χ3v) is 2.10. The lowest BCUT2D eigenvalue weighted by molar-refractivity contribution is -0.158. The average Bonchev–Trinajstić information content (AvgIpc) is 2.24. The molecule has 0 radical (unpaired) electrons. The predicted octanol–water partition coefficient (Wildman–Crippen LogP) is 0.607. The normalized spacial score (nSPS) is 11.6. The van der Waals surface area contributed by atoms with Crippen molar-refractivity contribution in [1.82, 2.24) is 0 Å². The molecular formula is C11H16O7. The van der Waals surface area contributed by atoms with E-state index in [-0.39, 0.29) is 6.42 Å². The van der Waals surface area contributed by atoms with Crippen LogP contribution < -0.4 is 0 Å². The number of Topliss-reactive ketones (excluding diaryl/α,β-unsaturated/α-hetero) is 1. The van der Waals surface area contributed by atoms with Gasteiger partial charge in [0.15, 0.2) is 0 Å². The Bertz CT molecular complexity index is 334. The summed E-state index contributed by atoms with van der Waals surface area (Å²) in [5, 5.41) is 16.7. The van der Waals surface area contributed by atoms with E-state index >= 15 is 0 Å². The molecule has 102 valence electrons. The van der Waals surface area contributed by atoms with Crippen LogP contribution in [-0.2, 0) is 23.9 Å². The van der Waals surface area contributed by atoms with Crippen LogP contribution in [0, 0.1) is 0 Å². The predicted molar refractivity (Wildman–Crippen MR) is 58.9 cm³/mol. The van der Waals surface area contributed by atoms with Gasteiger partial charge >= 0.3 is 17.9 Å². The van der Waals surface area contributed by atoms with Crippen molar-refractivity contribution >= 4 is 23.7 Å². The number of hydrogen-bond acceptors (Lipinski definition) is 5. The van der Waals surface area contributed by atoms with Crippen molar-refractivity contribution < 1.29 is 34.1 Å². The van der Waals surface area contributed by atoms with Gasteiger partial charge in [0.05, 0.1) is 12.5 Å². The van der Waals surface area contributed by atoms with Crippen molar-refractivity contribution in [3.63, 3.8) is 0 Å². The summed E-state index contributed by atoms with van der Waals surface area (Å²) in [5.74, 6) is -4.06. The van der Waals surface area contributed by atoms with Crippen LogP contribution >= 0.6 is 0 Å². The van der Waals surface area contributed by atoms with Crippen molar-refractivity contribution in [2.45, 2.75) is 45.1 Å². The van der Waals surface area contributed by atoms with Gasteiger partial charge in [0.1, 0.15) is 0 Å². The Morgan fingerprint density at radius 2 is 1.56 bits per heavy atom. The summed E-state index contributed by atoms with van der Waals surface area (Å²) in [6.45, 7) is 1.55. The molecule has 0 aromatic carbocycles. The molecule has 0 aromatic rings. The number of carbonyl (C=O) groups is 4. The van der Waals surface area contributed by atoms with E-state index in [1.54, 1.807) is 6.92 Å². The molecular weight excluding hydrogens is 244 g/mol. The topological polar surface area (TPSA) is 118 Å². The summed E-state index contributed by atoms with van der Waals surface area (Å²) < 4.78 is 4.75. The van der Waals surface area contributed by atoms with Crippen LogP contribution in [0.5, 0.6) is 0 Å². The second kappa shape index (κ2) is 8.21. The minimum Gasteiger partial charge on any atom is -0.481 e. The van der Waals surface area contributed by atoms with Crippen LogP contribution in [0.4, 0.5) is 0 Å². The Hall–Kier alpha value is -1.92. The maximum Gasteiger partial charge on any atom is 0.374 e. The molecule has 1 unspecified atom stereocenters. The van der Waals surface area contributed by atoms with Gasteiger partial charge in [-0.1, -0.05) is 0 Å². The molecule has 0 bridgehead atoms. The highest BCUT2D eigenvalue weighted by Crippen LogP contribution is 2.06. The molecule has 0 rings (SSSR count). The van der Waals surface area contributed by atoms with E-state index in [1.165, 1.54) is 0 Å². The summed E-state index contributed by atoms with van der Waals surface area (Å²) in [5.41, 5.74) is 0. The lowest BCUT2D eigenvalue weighted by Crippen LogP contribution is -2.23. The molecule has 0 spiro atoms. The molecule has 0 fully saturated rings. The number of carboxylic acids is 2. The van der Waals surface area contributed by atoms with E-state index in [0.717, 1.165) is 0 Å². The summed E-state index contributed by atoms with van der Waals surface area (Å²) in [6, 6.07) is 0. The smallest absolute Gasteiger partial charge is 0.374 e. The number of rotatable bonds is 9. The van der Waals surface area contributed by atoms with E-state index in [1.807, 2.05) is 0 Å². The van der Waals surface area contributed by atoms with Gasteiger partial charge < -0.3 is 14.9 Å². The minimum atomic E-state index is -1.16. The number of aliphatic carboxylic acids is 2. The van der Waals surface area contributed by atoms with Crippen LogP contribution in [0.3, 0.4) is 0 Å². The summed E-state index contributed by atoms with van der Waals surface area (Å²) in [6.07, 6.45) is -0.727. The van der Waals surface area contributed by atoms with E-state index < -0.39 is 42.6 Å². The van der Waals surface area contributed by atoms with Crippen molar-refractivity contribution in [3.05, 3.63) is 0 Å². The first-order valence-corrected chi connectivity index (χ1v) is 5.50. The second-order valence-electron chi connectivity index (χ2n) is 3.82. The molecule has 0 aliphatic rings. The number of ketones is 1. The monoisotopic (exact) mass is 260 g/mol. The molecule has 0 amide bonds. The molecule has 18 heavy (non-hydrogen) atoms. The van der Waals surface area contributed by atoms with Crippen LogP contribution in [0.1, 0.15) is 39.0 Å². The van der Waals surface area contributed by atoms with E-state index in [0.29, 0.717) is 12.8 Å². The molecule has 0 saturated carbocycles. The highest BCUT2D eigenvalue weighted by Gasteiger charge is 2.19. The molecule has 1 atom stereocenters. The number of esters is 1. The lowest BCUT2D eigenvalue weighted by atomic mass is 10.1. The average molecular weight is 260 g/mol. The molecule has 0 saturated heterocycles. The molecule has 7 heteroatoms. The first-order chi connectivity index (χ1) is 8.32. The van der Waals surface area contributed by atoms with Crippen molar-refractivity contribution in [3.8, 4) is 0 Å². The summed E-state index contributed by atoms with van der Waals surface area (Å²) in [4.78, 5) is 42.8. The van der Waals surface area contributed by atoms with Gasteiger partial charge in [-0.3, -0.25) is 14.4 Å². The first-order valence-electron chi connectivity index (χ1n) is 5.50. The zero-order valence-electron chi connectivity index (χ0n) is 10.0. The molecule has 0 aliphatic carbocycles. The van der Waals surface area contributed by atoms with E-state index in [4.69, 9.17) is 14.9 Å². The Balaban J connectivity index is 3.88. The third-order valence-electron chi connectivity index (χ3n) is 2.10. The zero-order chi connectivity index (χ0) is 14.1. The fraction of sp³-hybridized carbons (Fsp3) is 0.636. The standard InChI is InChI=1S/C11H16O7/c1-7(3-2-4-9(13)14)18-11(17)8(12)5-6-10(15)16/h7H,2-6H2,1H3,(H,13,14)(H,15,16). The second-order valence-corrected chi connectivity index (χ2v) is 3.82. The fourth-order valence-corrected chi connectivity index (χ4v) is 1.17. The Morgan fingerprint density at radius 3 is 2.06 bits per heavy atom. The lowest BCUT2D eigenvalue weighted by Gasteiger charge is -2.11. The van der Waals surface area contributed by atoms with E-state index in [2.05, 4.69) is 0 Å². The molecule has 7 nitrogen and oxygen atoms in total. The van der Waals surface area contributed by atoms with Crippen LogP contribution in [0.25, 0.3) is 0 Å². The Kier molecular flexibility index (Phi) is 7.34. The quantitative estimate of drug-likeness (QED) is 0.460. The largest absolute Gasteiger partial charge is 0.481 e. The van der Waals surface area contributed by atoms with Crippen molar-refractivity contribution in [2.24, 2.45) is 0 Å². The maximum atomic E-state index is 11.2. The van der Waals surface area contributed by atoms with E-state index in [9.17, 15) is 19.2 Å². The number of carbonyl (C=O) groups excluding carboxylic acids is 2. The van der Waals surface area contributed by atoms with Crippen LogP contribution in [0.15, 0.2) is 0 Å². The van der Waals surface area contributed by atoms with Gasteiger partial charge in [-0.05, 0) is 19.8 Å². The molecule has 0 aromatic heterocycles. The fourth-order valence-electron chi connectivity index (χ4n) is 1.17. The van der Waals surface area contributed by atoms with Crippen molar-refractivity contribution in [2.75, 3.05) is 0 Å². The Morgan fingerprint density at radius 1 is 1.00 bits per heavy atom. The summed E-state index contributed by atoms with van der Waals surface area (Å²) >= 11 is 0.